The molecule has 0 aliphatic carbocycles. The molecule has 0 radical (unpaired) electrons. The molecule has 116 valence electrons. The SMILES string of the molecule is Cc1c(OC(=O)OC(C)(C)C)ccc2cc(C(=O)O)ccc12. The highest BCUT2D eigenvalue weighted by Gasteiger charge is 2.19. The largest absolute Gasteiger partial charge is 0.514 e. The van der Waals surface area contributed by atoms with Crippen molar-refractivity contribution >= 4 is 22.9 Å². The molecule has 0 aliphatic heterocycles. The number of aryl methyl sites for hydroxylation is 1. The van der Waals surface area contributed by atoms with Crippen LogP contribution >= 0.6 is 0 Å². The molecular weight excluding hydrogens is 284 g/mol. The molecule has 0 heterocycles. The maximum Gasteiger partial charge on any atom is 0.514 e. The standard InChI is InChI=1S/C17H18O5/c1-10-13-7-5-12(15(18)19)9-11(13)6-8-14(10)21-16(20)22-17(2,3)4/h5-9H,1-4H3,(H,18,19). The van der Waals surface area contributed by atoms with E-state index in [1.54, 1.807) is 45.0 Å². The van der Waals surface area contributed by atoms with Crippen molar-refractivity contribution in [2.24, 2.45) is 0 Å². The van der Waals surface area contributed by atoms with Crippen LogP contribution in [0.5, 0.6) is 5.75 Å². The van der Waals surface area contributed by atoms with Gasteiger partial charge in [0, 0.05) is 0 Å². The first-order valence-corrected chi connectivity index (χ1v) is 6.85. The van der Waals surface area contributed by atoms with Crippen LogP contribution in [-0.2, 0) is 4.74 Å². The lowest BCUT2D eigenvalue weighted by atomic mass is 10.0. The van der Waals surface area contributed by atoms with Gasteiger partial charge in [0.05, 0.1) is 5.56 Å². The van der Waals surface area contributed by atoms with Crippen LogP contribution in [0.25, 0.3) is 10.8 Å². The number of hydrogen-bond acceptors (Lipinski definition) is 4. The van der Waals surface area contributed by atoms with E-state index < -0.39 is 17.7 Å². The van der Waals surface area contributed by atoms with Gasteiger partial charge in [-0.05, 0) is 62.2 Å². The molecule has 0 saturated heterocycles. The van der Waals surface area contributed by atoms with Crippen LogP contribution in [0, 0.1) is 6.92 Å². The molecule has 0 unspecified atom stereocenters. The van der Waals surface area contributed by atoms with E-state index >= 15 is 0 Å². The molecule has 0 aliphatic rings. The van der Waals surface area contributed by atoms with Crippen molar-refractivity contribution < 1.29 is 24.2 Å². The molecular formula is C17H18O5. The molecule has 2 aromatic rings. The molecule has 5 nitrogen and oxygen atoms in total. The Morgan fingerprint density at radius 1 is 1.09 bits per heavy atom. The van der Waals surface area contributed by atoms with Gasteiger partial charge in [0.15, 0.2) is 0 Å². The van der Waals surface area contributed by atoms with Crippen molar-refractivity contribution in [1.29, 1.82) is 0 Å². The van der Waals surface area contributed by atoms with E-state index in [-0.39, 0.29) is 5.56 Å². The number of carboxylic acids is 1. The highest BCUT2D eigenvalue weighted by molar-refractivity contribution is 5.96. The minimum Gasteiger partial charge on any atom is -0.478 e. The monoisotopic (exact) mass is 302 g/mol. The molecule has 2 rings (SSSR count). The van der Waals surface area contributed by atoms with Gasteiger partial charge in [-0.25, -0.2) is 9.59 Å². The van der Waals surface area contributed by atoms with Crippen LogP contribution in [0.2, 0.25) is 0 Å². The third-order valence-electron chi connectivity index (χ3n) is 3.07. The van der Waals surface area contributed by atoms with E-state index in [2.05, 4.69) is 0 Å². The second-order valence-electron chi connectivity index (χ2n) is 6.00. The summed E-state index contributed by atoms with van der Waals surface area (Å²) in [7, 11) is 0. The minimum absolute atomic E-state index is 0.215. The Kier molecular flexibility index (Phi) is 4.08. The van der Waals surface area contributed by atoms with Gasteiger partial charge in [-0.3, -0.25) is 0 Å². The fourth-order valence-corrected chi connectivity index (χ4v) is 2.07. The van der Waals surface area contributed by atoms with Crippen LogP contribution in [0.15, 0.2) is 30.3 Å². The first kappa shape index (κ1) is 15.8. The Morgan fingerprint density at radius 2 is 1.77 bits per heavy atom. The molecule has 0 atom stereocenters. The van der Waals surface area contributed by atoms with Gasteiger partial charge >= 0.3 is 12.1 Å². The molecule has 5 heteroatoms. The van der Waals surface area contributed by atoms with Gasteiger partial charge in [0.25, 0.3) is 0 Å². The van der Waals surface area contributed by atoms with Gasteiger partial charge in [-0.15, -0.1) is 0 Å². The fraction of sp³-hybridized carbons (Fsp3) is 0.294. The van der Waals surface area contributed by atoms with Crippen molar-refractivity contribution in [3.8, 4) is 5.75 Å². The van der Waals surface area contributed by atoms with Crippen molar-refractivity contribution in [2.45, 2.75) is 33.3 Å². The van der Waals surface area contributed by atoms with Crippen molar-refractivity contribution in [1.82, 2.24) is 0 Å². The lowest BCUT2D eigenvalue weighted by Crippen LogP contribution is -2.26. The number of aromatic carboxylic acids is 1. The Morgan fingerprint density at radius 3 is 2.36 bits per heavy atom. The van der Waals surface area contributed by atoms with Gasteiger partial charge in [-0.1, -0.05) is 12.1 Å². The third-order valence-corrected chi connectivity index (χ3v) is 3.07. The van der Waals surface area contributed by atoms with Crippen LogP contribution < -0.4 is 4.74 Å². The number of benzene rings is 2. The second-order valence-corrected chi connectivity index (χ2v) is 6.00. The van der Waals surface area contributed by atoms with E-state index in [1.165, 1.54) is 6.07 Å². The number of carboxylic acid groups (broad SMARTS) is 1. The third kappa shape index (κ3) is 3.55. The average Bonchev–Trinajstić information content (AvgIpc) is 2.39. The summed E-state index contributed by atoms with van der Waals surface area (Å²) in [6.45, 7) is 7.08. The van der Waals surface area contributed by atoms with Gasteiger partial charge in [0.2, 0.25) is 0 Å². The van der Waals surface area contributed by atoms with Crippen molar-refractivity contribution in [2.75, 3.05) is 0 Å². The number of carbonyl (C=O) groups is 2. The quantitative estimate of drug-likeness (QED) is 0.666. The zero-order valence-electron chi connectivity index (χ0n) is 13.0. The Balaban J connectivity index is 2.33. The Hall–Kier alpha value is -2.56. The van der Waals surface area contributed by atoms with Gasteiger partial charge in [0.1, 0.15) is 11.4 Å². The first-order valence-electron chi connectivity index (χ1n) is 6.85. The summed E-state index contributed by atoms with van der Waals surface area (Å²) in [5, 5.41) is 10.6. The Bertz CT molecular complexity index is 741. The molecule has 0 fully saturated rings. The molecule has 1 N–H and O–H groups in total. The molecule has 0 bridgehead atoms. The van der Waals surface area contributed by atoms with Crippen LogP contribution in [0.3, 0.4) is 0 Å². The van der Waals surface area contributed by atoms with Crippen molar-refractivity contribution in [3.63, 3.8) is 0 Å². The smallest absolute Gasteiger partial charge is 0.478 e. The normalized spacial score (nSPS) is 11.3. The summed E-state index contributed by atoms with van der Waals surface area (Å²) in [6, 6.07) is 8.16. The predicted octanol–water partition coefficient (Wildman–Crippen LogP) is 4.16. The molecule has 0 aromatic heterocycles. The van der Waals surface area contributed by atoms with Crippen LogP contribution in [0.4, 0.5) is 4.79 Å². The minimum atomic E-state index is -0.978. The molecule has 0 saturated carbocycles. The molecule has 0 amide bonds. The Labute approximate surface area is 128 Å². The number of rotatable bonds is 2. The van der Waals surface area contributed by atoms with Crippen molar-refractivity contribution in [3.05, 3.63) is 41.5 Å². The lowest BCUT2D eigenvalue weighted by Gasteiger charge is -2.19. The van der Waals surface area contributed by atoms with Crippen LogP contribution in [-0.4, -0.2) is 22.8 Å². The average molecular weight is 302 g/mol. The number of carbonyl (C=O) groups excluding carboxylic acids is 1. The summed E-state index contributed by atoms with van der Waals surface area (Å²) in [6.07, 6.45) is -0.767. The zero-order valence-corrected chi connectivity index (χ0v) is 13.0. The second kappa shape index (κ2) is 5.67. The number of ether oxygens (including phenoxy) is 2. The van der Waals surface area contributed by atoms with E-state index in [1.807, 2.05) is 6.92 Å². The summed E-state index contributed by atoms with van der Waals surface area (Å²) >= 11 is 0. The number of hydrogen-bond donors (Lipinski definition) is 1. The van der Waals surface area contributed by atoms with E-state index in [4.69, 9.17) is 14.6 Å². The summed E-state index contributed by atoms with van der Waals surface area (Å²) < 4.78 is 10.3. The zero-order chi connectivity index (χ0) is 16.5. The van der Waals surface area contributed by atoms with E-state index in [0.29, 0.717) is 5.75 Å². The van der Waals surface area contributed by atoms with Gasteiger partial charge < -0.3 is 14.6 Å². The summed E-state index contributed by atoms with van der Waals surface area (Å²) in [4.78, 5) is 22.7. The molecule has 22 heavy (non-hydrogen) atoms. The summed E-state index contributed by atoms with van der Waals surface area (Å²) in [5.41, 5.74) is 0.339. The molecule has 2 aromatic carbocycles. The fourth-order valence-electron chi connectivity index (χ4n) is 2.07. The maximum atomic E-state index is 11.7. The highest BCUT2D eigenvalue weighted by atomic mass is 16.7. The van der Waals surface area contributed by atoms with Crippen LogP contribution in [0.1, 0.15) is 36.7 Å². The highest BCUT2D eigenvalue weighted by Crippen LogP contribution is 2.28. The summed E-state index contributed by atoms with van der Waals surface area (Å²) in [5.74, 6) is -0.585. The van der Waals surface area contributed by atoms with E-state index in [9.17, 15) is 9.59 Å². The predicted molar refractivity (Wildman–Crippen MR) is 82.5 cm³/mol. The lowest BCUT2D eigenvalue weighted by molar-refractivity contribution is 0.0205. The van der Waals surface area contributed by atoms with Gasteiger partial charge in [-0.2, -0.15) is 0 Å². The van der Waals surface area contributed by atoms with E-state index in [0.717, 1.165) is 16.3 Å². The molecule has 0 spiro atoms. The first-order chi connectivity index (χ1) is 10.2. The topological polar surface area (TPSA) is 72.8 Å². The maximum absolute atomic E-state index is 11.7. The number of fused-ring (bicyclic) bond motifs is 1.